The molecular formula is C13H21N5. The number of aryl methyl sites for hydroxylation is 2. The van der Waals surface area contributed by atoms with Crippen LogP contribution in [0.25, 0.3) is 11.3 Å². The Kier molecular flexibility index (Phi) is 2.92. The maximum atomic E-state index is 6.27. The van der Waals surface area contributed by atoms with Gasteiger partial charge in [0.05, 0.1) is 6.20 Å². The molecule has 0 saturated carbocycles. The van der Waals surface area contributed by atoms with Crippen LogP contribution in [0.15, 0.2) is 12.4 Å². The molecule has 0 spiro atoms. The van der Waals surface area contributed by atoms with E-state index in [9.17, 15) is 0 Å². The minimum Gasteiger partial charge on any atom is -0.383 e. The van der Waals surface area contributed by atoms with Crippen molar-refractivity contribution >= 4 is 5.82 Å². The Hall–Kier alpha value is -1.78. The van der Waals surface area contributed by atoms with Crippen LogP contribution < -0.4 is 5.73 Å². The molecule has 0 aliphatic heterocycles. The zero-order valence-corrected chi connectivity index (χ0v) is 11.7. The molecular weight excluding hydrogens is 226 g/mol. The van der Waals surface area contributed by atoms with E-state index in [4.69, 9.17) is 5.73 Å². The summed E-state index contributed by atoms with van der Waals surface area (Å²) in [5.74, 6) is 1.73. The third-order valence-electron chi connectivity index (χ3n) is 2.95. The van der Waals surface area contributed by atoms with Crippen molar-refractivity contribution in [3.63, 3.8) is 0 Å². The van der Waals surface area contributed by atoms with E-state index in [1.807, 2.05) is 13.2 Å². The van der Waals surface area contributed by atoms with Gasteiger partial charge in [-0.05, 0) is 20.8 Å². The Morgan fingerprint density at radius 1 is 1.33 bits per heavy atom. The first-order valence-electron chi connectivity index (χ1n) is 6.21. The fourth-order valence-electron chi connectivity index (χ4n) is 2.22. The van der Waals surface area contributed by atoms with Crippen molar-refractivity contribution in [2.24, 2.45) is 7.05 Å². The van der Waals surface area contributed by atoms with E-state index < -0.39 is 0 Å². The van der Waals surface area contributed by atoms with E-state index in [2.05, 4.69) is 42.3 Å². The van der Waals surface area contributed by atoms with Gasteiger partial charge >= 0.3 is 0 Å². The first kappa shape index (κ1) is 12.7. The zero-order valence-electron chi connectivity index (χ0n) is 11.7. The van der Waals surface area contributed by atoms with Gasteiger partial charge in [0.25, 0.3) is 0 Å². The quantitative estimate of drug-likeness (QED) is 0.884. The maximum Gasteiger partial charge on any atom is 0.132 e. The average molecular weight is 247 g/mol. The Labute approximate surface area is 108 Å². The summed E-state index contributed by atoms with van der Waals surface area (Å²) < 4.78 is 3.87. The van der Waals surface area contributed by atoms with Gasteiger partial charge in [0.2, 0.25) is 0 Å². The summed E-state index contributed by atoms with van der Waals surface area (Å²) in [6, 6.07) is 0. The van der Waals surface area contributed by atoms with Crippen LogP contribution in [0.3, 0.4) is 0 Å². The van der Waals surface area contributed by atoms with Gasteiger partial charge in [0.15, 0.2) is 0 Å². The second-order valence-corrected chi connectivity index (χ2v) is 5.52. The van der Waals surface area contributed by atoms with Gasteiger partial charge in [0.1, 0.15) is 17.3 Å². The van der Waals surface area contributed by atoms with Crippen molar-refractivity contribution in [2.75, 3.05) is 5.73 Å². The number of aromatic nitrogens is 4. The van der Waals surface area contributed by atoms with Gasteiger partial charge in [-0.2, -0.15) is 5.10 Å². The lowest BCUT2D eigenvalue weighted by Gasteiger charge is -2.24. The van der Waals surface area contributed by atoms with Crippen LogP contribution in [-0.2, 0) is 19.0 Å². The summed E-state index contributed by atoms with van der Waals surface area (Å²) in [5.41, 5.74) is 8.00. The lowest BCUT2D eigenvalue weighted by Crippen LogP contribution is -2.25. The van der Waals surface area contributed by atoms with E-state index in [0.29, 0.717) is 5.82 Å². The molecule has 0 bridgehead atoms. The Balaban J connectivity index is 2.61. The van der Waals surface area contributed by atoms with E-state index in [0.717, 1.165) is 23.5 Å². The summed E-state index contributed by atoms with van der Waals surface area (Å²) in [6.07, 6.45) is 4.60. The van der Waals surface area contributed by atoms with Crippen molar-refractivity contribution in [3.05, 3.63) is 18.2 Å². The number of nitrogens with two attached hydrogens (primary N) is 1. The number of hydrogen-bond acceptors (Lipinski definition) is 3. The highest BCUT2D eigenvalue weighted by molar-refractivity contribution is 5.70. The molecule has 0 fully saturated rings. The smallest absolute Gasteiger partial charge is 0.132 e. The highest BCUT2D eigenvalue weighted by atomic mass is 15.2. The van der Waals surface area contributed by atoms with Crippen molar-refractivity contribution in [1.82, 2.24) is 19.3 Å². The molecule has 2 rings (SSSR count). The Bertz CT molecular complexity index is 556. The minimum absolute atomic E-state index is 0.0666. The third-order valence-corrected chi connectivity index (χ3v) is 2.95. The molecule has 5 nitrogen and oxygen atoms in total. The number of nitrogens with zero attached hydrogens (tertiary/aromatic N) is 4. The first-order chi connectivity index (χ1) is 8.34. The van der Waals surface area contributed by atoms with Crippen LogP contribution in [-0.4, -0.2) is 19.3 Å². The normalized spacial score (nSPS) is 12.1. The largest absolute Gasteiger partial charge is 0.383 e. The minimum atomic E-state index is -0.0666. The van der Waals surface area contributed by atoms with Crippen LogP contribution in [0.4, 0.5) is 5.82 Å². The molecule has 5 heteroatoms. The SMILES string of the molecule is CCc1nc(-c2cnn(C)c2)c(N)n1C(C)(C)C. The molecule has 0 saturated heterocycles. The molecule has 0 aliphatic rings. The second-order valence-electron chi connectivity index (χ2n) is 5.52. The standard InChI is InChI=1S/C13H21N5/c1-6-10-16-11(9-7-15-17(5)8-9)12(14)18(10)13(2,3)4/h7-8H,6,14H2,1-5H3. The van der Waals surface area contributed by atoms with Crippen molar-refractivity contribution < 1.29 is 0 Å². The van der Waals surface area contributed by atoms with E-state index in [1.54, 1.807) is 10.9 Å². The molecule has 98 valence electrons. The van der Waals surface area contributed by atoms with Gasteiger partial charge in [-0.15, -0.1) is 0 Å². The molecule has 18 heavy (non-hydrogen) atoms. The van der Waals surface area contributed by atoms with Crippen molar-refractivity contribution in [1.29, 1.82) is 0 Å². The summed E-state index contributed by atoms with van der Waals surface area (Å²) in [6.45, 7) is 8.50. The predicted octanol–water partition coefficient (Wildman–Crippen LogP) is 2.18. The van der Waals surface area contributed by atoms with Gasteiger partial charge in [-0.25, -0.2) is 4.98 Å². The van der Waals surface area contributed by atoms with Gasteiger partial charge in [-0.1, -0.05) is 6.92 Å². The molecule has 0 aliphatic carbocycles. The molecule has 0 amide bonds. The zero-order chi connectivity index (χ0) is 13.5. The van der Waals surface area contributed by atoms with Crippen LogP contribution in [0.1, 0.15) is 33.5 Å². The Morgan fingerprint density at radius 3 is 2.39 bits per heavy atom. The monoisotopic (exact) mass is 247 g/mol. The van der Waals surface area contributed by atoms with Crippen molar-refractivity contribution in [2.45, 2.75) is 39.7 Å². The van der Waals surface area contributed by atoms with Crippen LogP contribution in [0.2, 0.25) is 0 Å². The summed E-state index contributed by atoms with van der Waals surface area (Å²) >= 11 is 0. The Morgan fingerprint density at radius 2 is 2.00 bits per heavy atom. The molecule has 0 atom stereocenters. The molecule has 0 aromatic carbocycles. The lowest BCUT2D eigenvalue weighted by molar-refractivity contribution is 0.389. The van der Waals surface area contributed by atoms with E-state index >= 15 is 0 Å². The summed E-state index contributed by atoms with van der Waals surface area (Å²) in [5, 5.41) is 4.17. The number of hydrogen-bond donors (Lipinski definition) is 1. The first-order valence-corrected chi connectivity index (χ1v) is 6.21. The fraction of sp³-hybridized carbons (Fsp3) is 0.538. The van der Waals surface area contributed by atoms with Gasteiger partial charge in [0, 0.05) is 30.8 Å². The average Bonchev–Trinajstić information content (AvgIpc) is 2.80. The van der Waals surface area contributed by atoms with Crippen molar-refractivity contribution in [3.8, 4) is 11.3 Å². The lowest BCUT2D eigenvalue weighted by atomic mass is 10.1. The number of nitrogen functional groups attached to an aromatic ring is 1. The van der Waals surface area contributed by atoms with Crippen LogP contribution in [0, 0.1) is 0 Å². The molecule has 0 unspecified atom stereocenters. The molecule has 2 heterocycles. The van der Waals surface area contributed by atoms with Crippen LogP contribution in [0.5, 0.6) is 0 Å². The topological polar surface area (TPSA) is 61.7 Å². The fourth-order valence-corrected chi connectivity index (χ4v) is 2.22. The molecule has 2 aromatic heterocycles. The van der Waals surface area contributed by atoms with Crippen LogP contribution >= 0.6 is 0 Å². The highest BCUT2D eigenvalue weighted by Crippen LogP contribution is 2.31. The number of rotatable bonds is 2. The molecule has 0 radical (unpaired) electrons. The maximum absolute atomic E-state index is 6.27. The second kappa shape index (κ2) is 4.15. The van der Waals surface area contributed by atoms with Gasteiger partial charge < -0.3 is 10.3 Å². The third kappa shape index (κ3) is 2.00. The molecule has 2 aromatic rings. The van der Waals surface area contributed by atoms with Gasteiger partial charge in [-0.3, -0.25) is 4.68 Å². The van der Waals surface area contributed by atoms with E-state index in [-0.39, 0.29) is 5.54 Å². The molecule has 2 N–H and O–H groups in total. The number of imidazole rings is 1. The predicted molar refractivity (Wildman–Crippen MR) is 73.2 cm³/mol. The highest BCUT2D eigenvalue weighted by Gasteiger charge is 2.24. The number of anilines is 1. The summed E-state index contributed by atoms with van der Waals surface area (Å²) in [4.78, 5) is 4.66. The summed E-state index contributed by atoms with van der Waals surface area (Å²) in [7, 11) is 1.89. The van der Waals surface area contributed by atoms with E-state index in [1.165, 1.54) is 0 Å².